The van der Waals surface area contributed by atoms with Crippen LogP contribution >= 0.6 is 11.3 Å². The molecule has 2 aromatic rings. The lowest BCUT2D eigenvalue weighted by atomic mass is 10.1. The van der Waals surface area contributed by atoms with E-state index in [9.17, 15) is 22.0 Å². The molecular weight excluding hydrogens is 442 g/mol. The van der Waals surface area contributed by atoms with Gasteiger partial charge in [-0.3, -0.25) is 10.1 Å². The van der Waals surface area contributed by atoms with Crippen LogP contribution in [0.5, 0.6) is 0 Å². The van der Waals surface area contributed by atoms with Crippen molar-refractivity contribution in [3.8, 4) is 0 Å². The summed E-state index contributed by atoms with van der Waals surface area (Å²) in [7, 11) is -3.88. The number of nitrogens with one attached hydrogen (secondary N) is 2. The fourth-order valence-corrected chi connectivity index (χ4v) is 4.01. The number of alkyl halides is 1. The van der Waals surface area contributed by atoms with Crippen LogP contribution in [-0.4, -0.2) is 57.6 Å². The van der Waals surface area contributed by atoms with Gasteiger partial charge in [-0.05, 0) is 12.1 Å². The summed E-state index contributed by atoms with van der Waals surface area (Å²) in [4.78, 5) is 21.7. The summed E-state index contributed by atoms with van der Waals surface area (Å²) >= 11 is 0.642. The van der Waals surface area contributed by atoms with Crippen LogP contribution in [0.4, 0.5) is 13.9 Å². The number of carbonyl (C=O) groups is 1. The highest BCUT2D eigenvalue weighted by atomic mass is 32.2. The Labute approximate surface area is 175 Å². The average Bonchev–Trinajstić information content (AvgIpc) is 3.39. The molecule has 0 unspecified atom stereocenters. The number of halogens is 2. The third-order valence-corrected chi connectivity index (χ3v) is 6.10. The number of carbonyl (C=O) groups excluding carboxylic acids is 1. The number of benzene rings is 1. The summed E-state index contributed by atoms with van der Waals surface area (Å²) in [5, 5.41) is 5.80. The highest BCUT2D eigenvalue weighted by molar-refractivity contribution is 7.89. The van der Waals surface area contributed by atoms with Gasteiger partial charge in [-0.15, -0.1) is 0 Å². The molecule has 1 fully saturated rings. The van der Waals surface area contributed by atoms with Crippen molar-refractivity contribution in [2.45, 2.75) is 17.4 Å². The van der Waals surface area contributed by atoms with E-state index in [1.807, 2.05) is 0 Å². The molecule has 13 heteroatoms. The first-order valence-corrected chi connectivity index (χ1v) is 11.1. The normalized spacial score (nSPS) is 17.1. The Bertz CT molecular complexity index is 1010. The van der Waals surface area contributed by atoms with Crippen LogP contribution in [0, 0.1) is 5.13 Å². The number of aromatic nitrogens is 1. The van der Waals surface area contributed by atoms with Crippen molar-refractivity contribution < 1.29 is 31.6 Å². The Kier molecular flexibility index (Phi) is 7.42. The van der Waals surface area contributed by atoms with Gasteiger partial charge >= 0.3 is 0 Å². The van der Waals surface area contributed by atoms with Crippen LogP contribution in [0.2, 0.25) is 0 Å². The van der Waals surface area contributed by atoms with Gasteiger partial charge in [-0.2, -0.15) is 4.39 Å². The molecular formula is C17H18F2N4O5S2. The van der Waals surface area contributed by atoms with Crippen molar-refractivity contribution in [1.82, 2.24) is 9.71 Å². The van der Waals surface area contributed by atoms with Gasteiger partial charge in [-0.25, -0.2) is 22.5 Å². The van der Waals surface area contributed by atoms with Crippen LogP contribution in [0.15, 0.2) is 40.5 Å². The molecule has 1 aliphatic rings. The maximum atomic E-state index is 13.1. The van der Waals surface area contributed by atoms with E-state index in [0.29, 0.717) is 31.0 Å². The van der Waals surface area contributed by atoms with Gasteiger partial charge in [0.15, 0.2) is 22.1 Å². The molecule has 2 heterocycles. The molecule has 1 amide bonds. The molecule has 1 aromatic heterocycles. The zero-order valence-electron chi connectivity index (χ0n) is 15.5. The summed E-state index contributed by atoms with van der Waals surface area (Å²) in [5.74, 6) is -0.713. The van der Waals surface area contributed by atoms with Crippen LogP contribution in [-0.2, 0) is 24.4 Å². The van der Waals surface area contributed by atoms with E-state index < -0.39 is 27.7 Å². The van der Waals surface area contributed by atoms with Crippen molar-refractivity contribution in [2.75, 3.05) is 31.7 Å². The van der Waals surface area contributed by atoms with E-state index in [1.165, 1.54) is 24.3 Å². The molecule has 162 valence electrons. The van der Waals surface area contributed by atoms with Crippen LogP contribution in [0.3, 0.4) is 0 Å². The number of amides is 1. The Morgan fingerprint density at radius 1 is 1.37 bits per heavy atom. The van der Waals surface area contributed by atoms with E-state index in [4.69, 9.17) is 9.57 Å². The fraction of sp³-hybridized carbons (Fsp3) is 0.353. The number of hydrogen-bond acceptors (Lipinski definition) is 8. The zero-order valence-corrected chi connectivity index (χ0v) is 17.1. The van der Waals surface area contributed by atoms with Crippen molar-refractivity contribution in [2.24, 2.45) is 5.16 Å². The van der Waals surface area contributed by atoms with Gasteiger partial charge in [0.2, 0.25) is 10.0 Å². The second-order valence-electron chi connectivity index (χ2n) is 6.07. The van der Waals surface area contributed by atoms with Crippen molar-refractivity contribution in [3.05, 3.63) is 41.2 Å². The summed E-state index contributed by atoms with van der Waals surface area (Å²) in [6.07, 6.45) is 1.25. The maximum absolute atomic E-state index is 13.1. The molecule has 0 aliphatic carbocycles. The average molecular weight is 460 g/mol. The third kappa shape index (κ3) is 5.78. The first kappa shape index (κ1) is 22.2. The van der Waals surface area contributed by atoms with E-state index >= 15 is 0 Å². The summed E-state index contributed by atoms with van der Waals surface area (Å²) < 4.78 is 56.9. The number of sulfonamides is 1. The first-order valence-electron chi connectivity index (χ1n) is 8.79. The summed E-state index contributed by atoms with van der Waals surface area (Å²) in [6, 6.07) is 5.22. The van der Waals surface area contributed by atoms with Gasteiger partial charge in [-0.1, -0.05) is 28.6 Å². The minimum atomic E-state index is -3.88. The van der Waals surface area contributed by atoms with Gasteiger partial charge in [0, 0.05) is 18.5 Å². The van der Waals surface area contributed by atoms with E-state index in [0.717, 1.165) is 6.20 Å². The van der Waals surface area contributed by atoms with Gasteiger partial charge in [0.1, 0.15) is 6.67 Å². The molecule has 1 aliphatic heterocycles. The number of anilines is 1. The highest BCUT2D eigenvalue weighted by Gasteiger charge is 2.22. The number of nitrogens with zero attached hydrogens (tertiary/aromatic N) is 2. The lowest BCUT2D eigenvalue weighted by molar-refractivity contribution is -0.110. The molecule has 0 spiro atoms. The number of rotatable bonds is 9. The fourth-order valence-electron chi connectivity index (χ4n) is 2.47. The van der Waals surface area contributed by atoms with Gasteiger partial charge in [0.25, 0.3) is 5.91 Å². The molecule has 1 atom stereocenters. The van der Waals surface area contributed by atoms with Crippen molar-refractivity contribution in [1.29, 1.82) is 0 Å². The molecule has 30 heavy (non-hydrogen) atoms. The lowest BCUT2D eigenvalue weighted by Gasteiger charge is -2.10. The van der Waals surface area contributed by atoms with Crippen LogP contribution < -0.4 is 10.0 Å². The highest BCUT2D eigenvalue weighted by Crippen LogP contribution is 2.18. The predicted octanol–water partition coefficient (Wildman–Crippen LogP) is 1.68. The molecule has 3 rings (SSSR count). The molecule has 1 saturated heterocycles. The molecule has 1 aromatic carbocycles. The topological polar surface area (TPSA) is 119 Å². The molecule has 9 nitrogen and oxygen atoms in total. The minimum Gasteiger partial charge on any atom is -0.389 e. The second kappa shape index (κ2) is 10.0. The Morgan fingerprint density at radius 2 is 2.13 bits per heavy atom. The number of ether oxygens (including phenoxy) is 1. The summed E-state index contributed by atoms with van der Waals surface area (Å²) in [5.41, 5.74) is 0.103. The van der Waals surface area contributed by atoms with Gasteiger partial charge in [0.05, 0.1) is 24.3 Å². The molecule has 0 bridgehead atoms. The Hall–Kier alpha value is -2.48. The minimum absolute atomic E-state index is 0.0315. The van der Waals surface area contributed by atoms with E-state index in [1.54, 1.807) is 0 Å². The monoisotopic (exact) mass is 460 g/mol. The molecule has 0 radical (unpaired) electrons. The quantitative estimate of drug-likeness (QED) is 0.434. The second-order valence-corrected chi connectivity index (χ2v) is 8.81. The number of thiazole rings is 1. The Balaban J connectivity index is 1.83. The molecule has 2 N–H and O–H groups in total. The van der Waals surface area contributed by atoms with Crippen LogP contribution in [0.1, 0.15) is 12.0 Å². The maximum Gasteiger partial charge on any atom is 0.280 e. The van der Waals surface area contributed by atoms with Crippen molar-refractivity contribution >= 4 is 38.1 Å². The summed E-state index contributed by atoms with van der Waals surface area (Å²) in [6.45, 7) is -0.346. The molecule has 0 saturated carbocycles. The van der Waals surface area contributed by atoms with E-state index in [2.05, 4.69) is 20.2 Å². The third-order valence-electron chi connectivity index (χ3n) is 3.92. The number of oxime groups is 1. The largest absolute Gasteiger partial charge is 0.389 e. The zero-order chi connectivity index (χ0) is 21.6. The van der Waals surface area contributed by atoms with Crippen LogP contribution in [0.25, 0.3) is 0 Å². The predicted molar refractivity (Wildman–Crippen MR) is 105 cm³/mol. The van der Waals surface area contributed by atoms with E-state index in [-0.39, 0.29) is 34.0 Å². The lowest BCUT2D eigenvalue weighted by Crippen LogP contribution is -2.27. The Morgan fingerprint density at radius 3 is 2.73 bits per heavy atom. The van der Waals surface area contributed by atoms with Crippen molar-refractivity contribution in [3.63, 3.8) is 0 Å². The number of hydrogen-bond donors (Lipinski definition) is 2. The first-order chi connectivity index (χ1) is 14.4. The SMILES string of the molecule is O=C(Nc1ncc(F)s1)/C(=N/O[C@@H]1CCOC1)c1ccc(S(=O)(=O)NCCF)cc1. The van der Waals surface area contributed by atoms with Gasteiger partial charge < -0.3 is 9.57 Å². The standard InChI is InChI=1S/C17H18F2N4O5S2/c18-6-7-21-30(25,26)13-3-1-11(2-4-13)15(23-28-12-5-8-27-10-12)16(24)22-17-20-9-14(19)29-17/h1-4,9,12,21H,5-8,10H2,(H,20,22,24)/b23-15+/t12-/m1/s1. The smallest absolute Gasteiger partial charge is 0.280 e.